The number of rotatable bonds is 7. The van der Waals surface area contributed by atoms with Crippen molar-refractivity contribution in [2.24, 2.45) is 5.92 Å². The van der Waals surface area contributed by atoms with Gasteiger partial charge in [0.1, 0.15) is 18.1 Å². The second-order valence-corrected chi connectivity index (χ2v) is 13.3. The number of aldehydes is 1. The number of β-lactam (4-membered cyclic amide) rings is 1. The molecular formula is C20H31NO4Si. The number of hydrogen-bond donors (Lipinski definition) is 0. The molecule has 1 aliphatic rings. The zero-order chi connectivity index (χ0) is 19.7. The van der Waals surface area contributed by atoms with Crippen molar-refractivity contribution in [1.29, 1.82) is 0 Å². The average Bonchev–Trinajstić information content (AvgIpc) is 2.55. The summed E-state index contributed by atoms with van der Waals surface area (Å²) >= 11 is 0. The Kier molecular flexibility index (Phi) is 5.98. The van der Waals surface area contributed by atoms with Crippen molar-refractivity contribution in [2.45, 2.75) is 64.5 Å². The molecule has 1 aromatic rings. The van der Waals surface area contributed by atoms with Crippen LogP contribution in [0.4, 0.5) is 0 Å². The lowest BCUT2D eigenvalue weighted by Gasteiger charge is -2.49. The fourth-order valence-electron chi connectivity index (χ4n) is 3.06. The van der Waals surface area contributed by atoms with E-state index in [1.807, 2.05) is 31.2 Å². The van der Waals surface area contributed by atoms with E-state index in [4.69, 9.17) is 9.16 Å². The first-order chi connectivity index (χ1) is 12.0. The molecule has 0 saturated carbocycles. The van der Waals surface area contributed by atoms with Crippen LogP contribution in [0.3, 0.4) is 0 Å². The Balaban J connectivity index is 2.06. The Hall–Kier alpha value is -1.66. The third-order valence-corrected chi connectivity index (χ3v) is 10.3. The number of nitrogens with zero attached hydrogens (tertiary/aromatic N) is 1. The molecule has 0 bridgehead atoms. The molecule has 1 amide bonds. The summed E-state index contributed by atoms with van der Waals surface area (Å²) in [6.45, 7) is 13.2. The molecule has 1 heterocycles. The predicted octanol–water partition coefficient (Wildman–Crippen LogP) is 3.63. The van der Waals surface area contributed by atoms with Crippen molar-refractivity contribution in [3.8, 4) is 5.75 Å². The minimum Gasteiger partial charge on any atom is -0.497 e. The van der Waals surface area contributed by atoms with Gasteiger partial charge in [-0.2, -0.15) is 0 Å². The third kappa shape index (κ3) is 4.01. The SMILES string of the molecule is COc1ccc(CN2C(=O)[C@H]([C@@H](C)O[Si](C)(C)C(C)(C)C)[C@H]2C=O)cc1. The smallest absolute Gasteiger partial charge is 0.231 e. The van der Waals surface area contributed by atoms with Crippen molar-refractivity contribution in [3.63, 3.8) is 0 Å². The van der Waals surface area contributed by atoms with Gasteiger partial charge in [0.05, 0.1) is 19.1 Å². The van der Waals surface area contributed by atoms with Crippen molar-refractivity contribution < 1.29 is 18.8 Å². The molecule has 3 atom stereocenters. The van der Waals surface area contributed by atoms with Crippen LogP contribution in [0.5, 0.6) is 5.75 Å². The van der Waals surface area contributed by atoms with E-state index in [-0.39, 0.29) is 23.0 Å². The summed E-state index contributed by atoms with van der Waals surface area (Å²) in [7, 11) is -0.377. The number of ether oxygens (including phenoxy) is 1. The molecule has 1 fully saturated rings. The number of carbonyl (C=O) groups is 2. The maximum atomic E-state index is 12.7. The summed E-state index contributed by atoms with van der Waals surface area (Å²) in [4.78, 5) is 26.0. The van der Waals surface area contributed by atoms with Crippen molar-refractivity contribution in [1.82, 2.24) is 4.90 Å². The molecule has 0 aromatic heterocycles. The molecule has 2 rings (SSSR count). The van der Waals surface area contributed by atoms with Crippen LogP contribution >= 0.6 is 0 Å². The second kappa shape index (κ2) is 7.52. The van der Waals surface area contributed by atoms with Crippen LogP contribution in [0.25, 0.3) is 0 Å². The van der Waals surface area contributed by atoms with E-state index in [9.17, 15) is 9.59 Å². The maximum absolute atomic E-state index is 12.7. The molecule has 6 heteroatoms. The van der Waals surface area contributed by atoms with Gasteiger partial charge >= 0.3 is 0 Å². The van der Waals surface area contributed by atoms with Gasteiger partial charge in [-0.15, -0.1) is 0 Å². The Morgan fingerprint density at radius 2 is 1.81 bits per heavy atom. The van der Waals surface area contributed by atoms with E-state index in [1.54, 1.807) is 12.0 Å². The average molecular weight is 378 g/mol. The maximum Gasteiger partial charge on any atom is 0.231 e. The van der Waals surface area contributed by atoms with Crippen LogP contribution in [0.15, 0.2) is 24.3 Å². The minimum absolute atomic E-state index is 0.0101. The summed E-state index contributed by atoms with van der Waals surface area (Å²) < 4.78 is 11.5. The Morgan fingerprint density at radius 1 is 1.23 bits per heavy atom. The predicted molar refractivity (Wildman–Crippen MR) is 105 cm³/mol. The molecule has 1 saturated heterocycles. The van der Waals surface area contributed by atoms with E-state index < -0.39 is 14.4 Å². The minimum atomic E-state index is -1.99. The van der Waals surface area contributed by atoms with Gasteiger partial charge in [0.25, 0.3) is 0 Å². The molecule has 1 aliphatic heterocycles. The van der Waals surface area contributed by atoms with E-state index in [0.29, 0.717) is 6.54 Å². The van der Waals surface area contributed by atoms with Crippen LogP contribution in [0.2, 0.25) is 18.1 Å². The van der Waals surface area contributed by atoms with Gasteiger partial charge < -0.3 is 18.9 Å². The molecule has 0 unspecified atom stereocenters. The summed E-state index contributed by atoms with van der Waals surface area (Å²) in [5.41, 5.74) is 0.974. The highest BCUT2D eigenvalue weighted by Crippen LogP contribution is 2.40. The zero-order valence-corrected chi connectivity index (χ0v) is 17.9. The van der Waals surface area contributed by atoms with E-state index in [2.05, 4.69) is 33.9 Å². The van der Waals surface area contributed by atoms with Crippen molar-refractivity contribution in [3.05, 3.63) is 29.8 Å². The third-order valence-electron chi connectivity index (χ3n) is 5.74. The van der Waals surface area contributed by atoms with Crippen LogP contribution in [-0.2, 0) is 20.6 Å². The molecule has 0 aliphatic carbocycles. The summed E-state index contributed by atoms with van der Waals surface area (Å²) in [5.74, 6) is 0.369. The Labute approximate surface area is 157 Å². The topological polar surface area (TPSA) is 55.8 Å². The largest absolute Gasteiger partial charge is 0.497 e. The van der Waals surface area contributed by atoms with Gasteiger partial charge in [-0.3, -0.25) is 4.79 Å². The number of methoxy groups -OCH3 is 1. The molecule has 0 N–H and O–H groups in total. The van der Waals surface area contributed by atoms with E-state index >= 15 is 0 Å². The fourth-order valence-corrected chi connectivity index (χ4v) is 4.49. The van der Waals surface area contributed by atoms with E-state index in [0.717, 1.165) is 17.6 Å². The number of carbonyl (C=O) groups excluding carboxylic acids is 2. The van der Waals surface area contributed by atoms with Gasteiger partial charge in [0.15, 0.2) is 8.32 Å². The lowest BCUT2D eigenvalue weighted by molar-refractivity contribution is -0.166. The van der Waals surface area contributed by atoms with Gasteiger partial charge in [0, 0.05) is 6.54 Å². The number of benzene rings is 1. The lowest BCUT2D eigenvalue weighted by atomic mass is 9.84. The first-order valence-electron chi connectivity index (χ1n) is 9.08. The fraction of sp³-hybridized carbons (Fsp3) is 0.600. The van der Waals surface area contributed by atoms with Crippen LogP contribution in [0, 0.1) is 5.92 Å². The molecular weight excluding hydrogens is 346 g/mol. The standard InChI is InChI=1S/C20H31NO4Si/c1-14(25-26(6,7)20(2,3)4)18-17(13-22)21(19(18)23)12-15-8-10-16(24-5)11-9-15/h8-11,13-14,17-18H,12H2,1-7H3/t14-,17-,18-/m1/s1. The van der Waals surface area contributed by atoms with Gasteiger partial charge in [0.2, 0.25) is 5.91 Å². The van der Waals surface area contributed by atoms with Crippen LogP contribution in [0.1, 0.15) is 33.3 Å². The molecule has 26 heavy (non-hydrogen) atoms. The monoisotopic (exact) mass is 377 g/mol. The highest BCUT2D eigenvalue weighted by molar-refractivity contribution is 6.74. The molecule has 0 spiro atoms. The summed E-state index contributed by atoms with van der Waals surface area (Å²) in [5, 5.41) is 0.0630. The Morgan fingerprint density at radius 3 is 2.27 bits per heavy atom. The lowest BCUT2D eigenvalue weighted by Crippen LogP contribution is -2.65. The van der Waals surface area contributed by atoms with Gasteiger partial charge in [-0.25, -0.2) is 0 Å². The normalized spacial score (nSPS) is 22.0. The van der Waals surface area contributed by atoms with Gasteiger partial charge in [-0.05, 0) is 42.8 Å². The highest BCUT2D eigenvalue weighted by atomic mass is 28.4. The summed E-state index contributed by atoms with van der Waals surface area (Å²) in [6.07, 6.45) is 0.617. The first-order valence-corrected chi connectivity index (χ1v) is 12.0. The van der Waals surface area contributed by atoms with Crippen LogP contribution in [-0.4, -0.2) is 44.7 Å². The zero-order valence-electron chi connectivity index (χ0n) is 16.9. The quantitative estimate of drug-likeness (QED) is 0.414. The molecule has 0 radical (unpaired) electrons. The number of likely N-dealkylation sites (tertiary alicyclic amines) is 1. The molecule has 5 nitrogen and oxygen atoms in total. The molecule has 1 aromatic carbocycles. The van der Waals surface area contributed by atoms with Gasteiger partial charge in [-0.1, -0.05) is 32.9 Å². The van der Waals surface area contributed by atoms with E-state index in [1.165, 1.54) is 0 Å². The summed E-state index contributed by atoms with van der Waals surface area (Å²) in [6, 6.07) is 7.12. The van der Waals surface area contributed by atoms with Crippen molar-refractivity contribution >= 4 is 20.5 Å². The van der Waals surface area contributed by atoms with Crippen molar-refractivity contribution in [2.75, 3.05) is 7.11 Å². The van der Waals surface area contributed by atoms with Crippen LogP contribution < -0.4 is 4.74 Å². The number of hydrogen-bond acceptors (Lipinski definition) is 4. The Bertz CT molecular complexity index is 651. The second-order valence-electron chi connectivity index (χ2n) is 8.55. The highest BCUT2D eigenvalue weighted by Gasteiger charge is 2.52. The first kappa shape index (κ1) is 20.6. The molecule has 144 valence electrons. The number of amides is 1.